The van der Waals surface area contributed by atoms with Crippen molar-refractivity contribution in [1.29, 1.82) is 0 Å². The van der Waals surface area contributed by atoms with E-state index in [2.05, 4.69) is 10.6 Å². The minimum atomic E-state index is -0.970. The summed E-state index contributed by atoms with van der Waals surface area (Å²) < 4.78 is 24.7. The lowest BCUT2D eigenvalue weighted by molar-refractivity contribution is -0.148. The van der Waals surface area contributed by atoms with Crippen molar-refractivity contribution in [1.82, 2.24) is 15.5 Å². The van der Waals surface area contributed by atoms with Gasteiger partial charge in [0, 0.05) is 56.1 Å². The molecule has 1 saturated carbocycles. The Morgan fingerprint density at radius 1 is 1.22 bits per heavy atom. The van der Waals surface area contributed by atoms with Crippen molar-refractivity contribution >= 4 is 17.5 Å². The fourth-order valence-corrected chi connectivity index (χ4v) is 4.87. The van der Waals surface area contributed by atoms with Gasteiger partial charge >= 0.3 is 11.8 Å². The number of anilines is 1. The Morgan fingerprint density at radius 2 is 1.94 bits per heavy atom. The Labute approximate surface area is 214 Å². The normalized spacial score (nSPS) is 27.2. The van der Waals surface area contributed by atoms with Crippen molar-refractivity contribution in [2.75, 3.05) is 31.6 Å². The maximum Gasteiger partial charge on any atom is 0.312 e. The number of aliphatic hydroxyl groups is 1. The molecule has 1 aromatic rings. The van der Waals surface area contributed by atoms with Crippen LogP contribution in [0, 0.1) is 5.82 Å². The summed E-state index contributed by atoms with van der Waals surface area (Å²) in [5.74, 6) is -1.49. The van der Waals surface area contributed by atoms with Gasteiger partial charge in [0.1, 0.15) is 5.82 Å². The Hall–Kier alpha value is -2.27. The third-order valence-corrected chi connectivity index (χ3v) is 6.57. The van der Waals surface area contributed by atoms with Crippen LogP contribution in [0.5, 0.6) is 0 Å². The molecule has 9 nitrogen and oxygen atoms in total. The number of aliphatic hydroxyl groups excluding tert-OH is 1. The second kappa shape index (κ2) is 14.5. The molecule has 4 rings (SSSR count). The summed E-state index contributed by atoms with van der Waals surface area (Å²) in [6.45, 7) is 11.5. The minimum Gasteiger partial charge on any atom is -0.380 e. The van der Waals surface area contributed by atoms with E-state index in [1.807, 2.05) is 45.6 Å². The summed E-state index contributed by atoms with van der Waals surface area (Å²) in [6.07, 6.45) is 0.898. The Balaban J connectivity index is 0.00000109. The number of ether oxygens (including phenoxy) is 2. The Bertz CT molecular complexity index is 858. The molecule has 0 aromatic heterocycles. The molecule has 10 heteroatoms. The van der Waals surface area contributed by atoms with E-state index < -0.39 is 18.2 Å². The third kappa shape index (κ3) is 7.38. The van der Waals surface area contributed by atoms with Crippen LogP contribution >= 0.6 is 0 Å². The fraction of sp³-hybridized carbons (Fsp3) is 0.692. The largest absolute Gasteiger partial charge is 0.380 e. The van der Waals surface area contributed by atoms with E-state index in [-0.39, 0.29) is 36.7 Å². The van der Waals surface area contributed by atoms with Crippen LogP contribution in [0.2, 0.25) is 0 Å². The molecular formula is C26H43FN4O5. The zero-order chi connectivity index (χ0) is 26.8. The third-order valence-electron chi connectivity index (χ3n) is 6.57. The molecule has 3 aliphatic rings. The zero-order valence-electron chi connectivity index (χ0n) is 22.4. The summed E-state index contributed by atoms with van der Waals surface area (Å²) in [4.78, 5) is 29.0. The molecule has 3 N–H and O–H groups in total. The molecule has 2 aliphatic heterocycles. The van der Waals surface area contributed by atoms with Crippen LogP contribution in [0.1, 0.15) is 59.4 Å². The predicted octanol–water partition coefficient (Wildman–Crippen LogP) is 2.36. The van der Waals surface area contributed by atoms with E-state index in [1.54, 1.807) is 11.0 Å². The number of rotatable bonds is 4. The van der Waals surface area contributed by atoms with Gasteiger partial charge in [-0.2, -0.15) is 0 Å². The number of halogens is 1. The standard InChI is InChI=1S/C22H31FN4O5.2C2H6/c1-13-11-26(16-5-3-14(12-31-2)17(23)10-16)7-8-27(13)21(29)20(28)24-15-4-6-18-19(9-15)32-22(30)25-18;2*1-2/h3,5,10,13,15,18-19,22,25,30H,4,6-9,11-12H2,1-2H3,(H,24,28);2*1-2H3/t13?,15?,18?,19?,22-;;/m0../s1. The van der Waals surface area contributed by atoms with Crippen molar-refractivity contribution in [3.8, 4) is 0 Å². The molecule has 2 saturated heterocycles. The van der Waals surface area contributed by atoms with E-state index in [4.69, 9.17) is 9.47 Å². The number of carbonyl (C=O) groups excluding carboxylic acids is 2. The number of hydrogen-bond donors (Lipinski definition) is 3. The topological polar surface area (TPSA) is 103 Å². The first-order valence-corrected chi connectivity index (χ1v) is 13.1. The minimum absolute atomic E-state index is 0.0790. The van der Waals surface area contributed by atoms with Crippen molar-refractivity contribution in [3.05, 3.63) is 29.6 Å². The lowest BCUT2D eigenvalue weighted by atomic mass is 9.89. The van der Waals surface area contributed by atoms with Gasteiger partial charge in [-0.05, 0) is 38.3 Å². The first-order chi connectivity index (χ1) is 17.4. The number of nitrogens with zero attached hydrogens (tertiary/aromatic N) is 2. The Kier molecular flexibility index (Phi) is 12.0. The van der Waals surface area contributed by atoms with Crippen molar-refractivity contribution in [2.24, 2.45) is 0 Å². The number of hydrogen-bond acceptors (Lipinski definition) is 7. The molecule has 36 heavy (non-hydrogen) atoms. The summed E-state index contributed by atoms with van der Waals surface area (Å²) in [5.41, 5.74) is 1.24. The van der Waals surface area contributed by atoms with Gasteiger partial charge in [-0.3, -0.25) is 14.9 Å². The number of amides is 2. The van der Waals surface area contributed by atoms with Gasteiger partial charge in [0.15, 0.2) is 0 Å². The predicted molar refractivity (Wildman–Crippen MR) is 137 cm³/mol. The Morgan fingerprint density at radius 3 is 2.58 bits per heavy atom. The molecule has 3 fully saturated rings. The van der Waals surface area contributed by atoms with Gasteiger partial charge < -0.3 is 29.7 Å². The van der Waals surface area contributed by atoms with Gasteiger partial charge in [0.25, 0.3) is 0 Å². The number of benzene rings is 1. The second-order valence-electron chi connectivity index (χ2n) is 8.79. The van der Waals surface area contributed by atoms with Crippen molar-refractivity contribution in [2.45, 2.75) is 91.1 Å². The molecule has 5 atom stereocenters. The molecule has 0 radical (unpaired) electrons. The average molecular weight is 511 g/mol. The first-order valence-electron chi connectivity index (χ1n) is 13.1. The van der Waals surface area contributed by atoms with E-state index >= 15 is 0 Å². The number of piperazine rings is 1. The lowest BCUT2D eigenvalue weighted by Gasteiger charge is -2.41. The van der Waals surface area contributed by atoms with Crippen LogP contribution in [0.4, 0.5) is 10.1 Å². The van der Waals surface area contributed by atoms with Crippen LogP contribution < -0.4 is 15.5 Å². The van der Waals surface area contributed by atoms with Crippen molar-refractivity contribution < 1.29 is 28.6 Å². The quantitative estimate of drug-likeness (QED) is 0.535. The van der Waals surface area contributed by atoms with Crippen LogP contribution in [-0.2, 0) is 25.7 Å². The van der Waals surface area contributed by atoms with Crippen LogP contribution in [0.15, 0.2) is 18.2 Å². The molecular weight excluding hydrogens is 467 g/mol. The maximum atomic E-state index is 14.3. The molecule has 204 valence electrons. The number of fused-ring (bicyclic) bond motifs is 1. The van der Waals surface area contributed by atoms with Gasteiger partial charge in [-0.25, -0.2) is 4.39 Å². The summed E-state index contributed by atoms with van der Waals surface area (Å²) >= 11 is 0. The van der Waals surface area contributed by atoms with Crippen LogP contribution in [0.25, 0.3) is 0 Å². The number of methoxy groups -OCH3 is 1. The lowest BCUT2D eigenvalue weighted by Crippen LogP contribution is -2.58. The summed E-state index contributed by atoms with van der Waals surface area (Å²) in [7, 11) is 1.52. The molecule has 0 bridgehead atoms. The first kappa shape index (κ1) is 30.0. The summed E-state index contributed by atoms with van der Waals surface area (Å²) in [6, 6.07) is 4.76. The molecule has 1 aliphatic carbocycles. The zero-order valence-corrected chi connectivity index (χ0v) is 22.4. The number of carbonyl (C=O) groups is 2. The van der Waals surface area contributed by atoms with Crippen LogP contribution in [-0.4, -0.2) is 79.2 Å². The van der Waals surface area contributed by atoms with Gasteiger partial charge in [0.05, 0.1) is 12.7 Å². The highest BCUT2D eigenvalue weighted by molar-refractivity contribution is 6.35. The SMILES string of the molecule is CC.CC.COCc1ccc(N2CCN(C(=O)C(=O)NC3CCC4N[C@@H](O)OC4C3)C(C)C2)cc1F. The highest BCUT2D eigenvalue weighted by Crippen LogP contribution is 2.27. The molecule has 2 amide bonds. The van der Waals surface area contributed by atoms with Crippen LogP contribution in [0.3, 0.4) is 0 Å². The van der Waals surface area contributed by atoms with Gasteiger partial charge in [-0.1, -0.05) is 33.8 Å². The van der Waals surface area contributed by atoms with E-state index in [1.165, 1.54) is 13.2 Å². The maximum absolute atomic E-state index is 14.3. The highest BCUT2D eigenvalue weighted by atomic mass is 19.1. The van der Waals surface area contributed by atoms with E-state index in [0.29, 0.717) is 31.6 Å². The molecule has 1 aromatic carbocycles. The number of nitrogens with one attached hydrogen (secondary N) is 2. The van der Waals surface area contributed by atoms with Gasteiger partial charge in [0.2, 0.25) is 6.41 Å². The molecule has 0 spiro atoms. The van der Waals surface area contributed by atoms with Gasteiger partial charge in [-0.15, -0.1) is 0 Å². The van der Waals surface area contributed by atoms with Crippen molar-refractivity contribution in [3.63, 3.8) is 0 Å². The average Bonchev–Trinajstić information content (AvgIpc) is 3.26. The highest BCUT2D eigenvalue weighted by Gasteiger charge is 2.40. The molecule has 2 heterocycles. The van der Waals surface area contributed by atoms with E-state index in [9.17, 15) is 19.1 Å². The smallest absolute Gasteiger partial charge is 0.312 e. The fourth-order valence-electron chi connectivity index (χ4n) is 4.87. The monoisotopic (exact) mass is 510 g/mol. The van der Waals surface area contributed by atoms with E-state index in [0.717, 1.165) is 18.5 Å². The summed E-state index contributed by atoms with van der Waals surface area (Å²) in [5, 5.41) is 15.3. The molecule has 4 unspecified atom stereocenters. The second-order valence-corrected chi connectivity index (χ2v) is 8.79.